The van der Waals surface area contributed by atoms with Crippen molar-refractivity contribution in [3.8, 4) is 0 Å². The lowest BCUT2D eigenvalue weighted by atomic mass is 10.1. The van der Waals surface area contributed by atoms with Gasteiger partial charge in [-0.25, -0.2) is 0 Å². The zero-order valence-corrected chi connectivity index (χ0v) is 11.3. The summed E-state index contributed by atoms with van der Waals surface area (Å²) in [6.07, 6.45) is 10.8. The molecular formula is C15H26O. The fourth-order valence-corrected chi connectivity index (χ4v) is 1.67. The van der Waals surface area contributed by atoms with E-state index in [4.69, 9.17) is 0 Å². The molecule has 0 heterocycles. The van der Waals surface area contributed by atoms with Gasteiger partial charge in [-0.05, 0) is 46.5 Å². The summed E-state index contributed by atoms with van der Waals surface area (Å²) in [7, 11) is 0. The molecule has 0 radical (unpaired) electrons. The fourth-order valence-electron chi connectivity index (χ4n) is 1.67. The standard InChI is InChI=1S/C15H26O/c1-5-8-13(2)9-6-10-14(3)11-7-12-15(4)16/h9,11H,5-8,10,12H2,1-4H3/b13-9?,14-11+. The maximum atomic E-state index is 10.8. The van der Waals surface area contributed by atoms with Crippen LogP contribution >= 0.6 is 0 Å². The van der Waals surface area contributed by atoms with Crippen LogP contribution in [-0.2, 0) is 4.79 Å². The number of allylic oxidation sites excluding steroid dienone is 4. The van der Waals surface area contributed by atoms with E-state index in [0.29, 0.717) is 6.42 Å². The lowest BCUT2D eigenvalue weighted by Crippen LogP contribution is -1.87. The normalized spacial score (nSPS) is 13.0. The Kier molecular flexibility index (Phi) is 8.88. The largest absolute Gasteiger partial charge is 0.300 e. The summed E-state index contributed by atoms with van der Waals surface area (Å²) >= 11 is 0. The van der Waals surface area contributed by atoms with Crippen LogP contribution in [0.2, 0.25) is 0 Å². The molecule has 0 aliphatic heterocycles. The fraction of sp³-hybridized carbons (Fsp3) is 0.667. The predicted octanol–water partition coefficient (Wildman–Crippen LogP) is 4.83. The molecule has 1 nitrogen and oxygen atoms in total. The first-order valence-electron chi connectivity index (χ1n) is 6.37. The molecule has 0 N–H and O–H groups in total. The SMILES string of the molecule is CCCC(C)=CCC/C(C)=C/CCC(C)=O. The van der Waals surface area contributed by atoms with Crippen molar-refractivity contribution in [2.45, 2.75) is 66.2 Å². The van der Waals surface area contributed by atoms with E-state index in [-0.39, 0.29) is 5.78 Å². The summed E-state index contributed by atoms with van der Waals surface area (Å²) in [6, 6.07) is 0. The van der Waals surface area contributed by atoms with Gasteiger partial charge in [0.05, 0.1) is 0 Å². The van der Waals surface area contributed by atoms with Crippen molar-refractivity contribution in [1.82, 2.24) is 0 Å². The van der Waals surface area contributed by atoms with Gasteiger partial charge in [-0.1, -0.05) is 36.6 Å². The Hall–Kier alpha value is -0.850. The Balaban J connectivity index is 3.75. The van der Waals surface area contributed by atoms with Crippen LogP contribution in [-0.4, -0.2) is 5.78 Å². The molecule has 0 aliphatic rings. The Bertz CT molecular complexity index is 259. The lowest BCUT2D eigenvalue weighted by Gasteiger charge is -2.00. The van der Waals surface area contributed by atoms with Crippen LogP contribution in [0.1, 0.15) is 66.2 Å². The van der Waals surface area contributed by atoms with E-state index in [2.05, 4.69) is 32.9 Å². The van der Waals surface area contributed by atoms with Gasteiger partial charge in [-0.3, -0.25) is 0 Å². The summed E-state index contributed by atoms with van der Waals surface area (Å²) in [5.41, 5.74) is 2.90. The molecule has 16 heavy (non-hydrogen) atoms. The van der Waals surface area contributed by atoms with E-state index in [0.717, 1.165) is 19.3 Å². The van der Waals surface area contributed by atoms with Gasteiger partial charge >= 0.3 is 0 Å². The minimum atomic E-state index is 0.280. The highest BCUT2D eigenvalue weighted by Gasteiger charge is 1.93. The highest BCUT2D eigenvalue weighted by molar-refractivity contribution is 5.75. The summed E-state index contributed by atoms with van der Waals surface area (Å²) < 4.78 is 0. The van der Waals surface area contributed by atoms with Gasteiger partial charge in [0.1, 0.15) is 5.78 Å². The van der Waals surface area contributed by atoms with Crippen molar-refractivity contribution in [1.29, 1.82) is 0 Å². The third-order valence-corrected chi connectivity index (χ3v) is 2.67. The molecule has 0 aromatic carbocycles. The molecule has 0 aromatic heterocycles. The molecule has 0 unspecified atom stereocenters. The molecule has 1 heteroatoms. The smallest absolute Gasteiger partial charge is 0.130 e. The second kappa shape index (κ2) is 9.38. The van der Waals surface area contributed by atoms with E-state index in [9.17, 15) is 4.79 Å². The van der Waals surface area contributed by atoms with Crippen molar-refractivity contribution >= 4 is 5.78 Å². The quantitative estimate of drug-likeness (QED) is 0.538. The van der Waals surface area contributed by atoms with Crippen molar-refractivity contribution in [2.75, 3.05) is 0 Å². The van der Waals surface area contributed by atoms with Crippen LogP contribution in [0.15, 0.2) is 23.3 Å². The number of hydrogen-bond acceptors (Lipinski definition) is 1. The van der Waals surface area contributed by atoms with Crippen LogP contribution in [0, 0.1) is 0 Å². The molecule has 0 spiro atoms. The Morgan fingerprint density at radius 3 is 1.88 bits per heavy atom. The molecule has 0 rings (SSSR count). The Morgan fingerprint density at radius 1 is 0.875 bits per heavy atom. The molecule has 0 fully saturated rings. The summed E-state index contributed by atoms with van der Waals surface area (Å²) in [5, 5.41) is 0. The van der Waals surface area contributed by atoms with Gasteiger partial charge in [0.15, 0.2) is 0 Å². The molecule has 0 amide bonds. The van der Waals surface area contributed by atoms with Crippen LogP contribution in [0.3, 0.4) is 0 Å². The van der Waals surface area contributed by atoms with Gasteiger partial charge in [0.2, 0.25) is 0 Å². The first kappa shape index (κ1) is 15.2. The highest BCUT2D eigenvalue weighted by atomic mass is 16.1. The second-order valence-corrected chi connectivity index (χ2v) is 4.63. The van der Waals surface area contributed by atoms with Crippen molar-refractivity contribution < 1.29 is 4.79 Å². The third kappa shape index (κ3) is 9.70. The van der Waals surface area contributed by atoms with Crippen LogP contribution < -0.4 is 0 Å². The molecular weight excluding hydrogens is 196 g/mol. The molecule has 0 aliphatic carbocycles. The first-order valence-corrected chi connectivity index (χ1v) is 6.37. The summed E-state index contributed by atoms with van der Waals surface area (Å²) in [6.45, 7) is 8.23. The number of carbonyl (C=O) groups excluding carboxylic acids is 1. The average Bonchev–Trinajstić information content (AvgIpc) is 2.17. The van der Waals surface area contributed by atoms with E-state index in [1.165, 1.54) is 24.0 Å². The van der Waals surface area contributed by atoms with Crippen molar-refractivity contribution in [2.24, 2.45) is 0 Å². The van der Waals surface area contributed by atoms with Crippen LogP contribution in [0.4, 0.5) is 0 Å². The molecule has 0 bridgehead atoms. The van der Waals surface area contributed by atoms with Gasteiger partial charge < -0.3 is 4.79 Å². The Labute approximate surface area is 101 Å². The van der Waals surface area contributed by atoms with Gasteiger partial charge in [0.25, 0.3) is 0 Å². The minimum absolute atomic E-state index is 0.280. The van der Waals surface area contributed by atoms with Gasteiger partial charge in [0, 0.05) is 6.42 Å². The molecule has 0 saturated carbocycles. The summed E-state index contributed by atoms with van der Waals surface area (Å²) in [4.78, 5) is 10.8. The number of rotatable bonds is 8. The summed E-state index contributed by atoms with van der Waals surface area (Å²) in [5.74, 6) is 0.280. The van der Waals surface area contributed by atoms with Gasteiger partial charge in [-0.2, -0.15) is 0 Å². The van der Waals surface area contributed by atoms with E-state index < -0.39 is 0 Å². The first-order chi connectivity index (χ1) is 7.56. The van der Waals surface area contributed by atoms with Crippen LogP contribution in [0.5, 0.6) is 0 Å². The Morgan fingerprint density at radius 2 is 1.38 bits per heavy atom. The van der Waals surface area contributed by atoms with Gasteiger partial charge in [-0.15, -0.1) is 0 Å². The average molecular weight is 222 g/mol. The lowest BCUT2D eigenvalue weighted by molar-refractivity contribution is -0.116. The topological polar surface area (TPSA) is 17.1 Å². The van der Waals surface area contributed by atoms with Crippen molar-refractivity contribution in [3.63, 3.8) is 0 Å². The predicted molar refractivity (Wildman–Crippen MR) is 71.6 cm³/mol. The van der Waals surface area contributed by atoms with Crippen LogP contribution in [0.25, 0.3) is 0 Å². The van der Waals surface area contributed by atoms with E-state index >= 15 is 0 Å². The number of ketones is 1. The second-order valence-electron chi connectivity index (χ2n) is 4.63. The zero-order chi connectivity index (χ0) is 12.4. The third-order valence-electron chi connectivity index (χ3n) is 2.67. The molecule has 0 aromatic rings. The zero-order valence-electron chi connectivity index (χ0n) is 11.3. The number of hydrogen-bond donors (Lipinski definition) is 0. The monoisotopic (exact) mass is 222 g/mol. The molecule has 92 valence electrons. The molecule has 0 saturated heterocycles. The van der Waals surface area contributed by atoms with E-state index in [1.54, 1.807) is 6.92 Å². The molecule has 0 atom stereocenters. The number of Topliss-reactive ketones (excluding diaryl/α,β-unsaturated/α-hetero) is 1. The number of carbonyl (C=O) groups is 1. The van der Waals surface area contributed by atoms with E-state index in [1.807, 2.05) is 0 Å². The minimum Gasteiger partial charge on any atom is -0.300 e. The maximum Gasteiger partial charge on any atom is 0.130 e. The maximum absolute atomic E-state index is 10.8. The van der Waals surface area contributed by atoms with Crippen molar-refractivity contribution in [3.05, 3.63) is 23.3 Å². The highest BCUT2D eigenvalue weighted by Crippen LogP contribution is 2.10.